The van der Waals surface area contributed by atoms with Crippen molar-refractivity contribution in [2.45, 2.75) is 18.6 Å². The van der Waals surface area contributed by atoms with Crippen LogP contribution in [0.15, 0.2) is 89.3 Å². The van der Waals surface area contributed by atoms with Crippen molar-refractivity contribution in [2.75, 3.05) is 25.5 Å². The molecule has 41 heavy (non-hydrogen) atoms. The fourth-order valence-electron chi connectivity index (χ4n) is 3.98. The summed E-state index contributed by atoms with van der Waals surface area (Å²) in [6.45, 7) is 0.705. The quantitative estimate of drug-likeness (QED) is 0.182. The highest BCUT2D eigenvalue weighted by molar-refractivity contribution is 6.30. The number of alkyl halides is 3. The minimum Gasteiger partial charge on any atom is -0.497 e. The number of anilines is 1. The lowest BCUT2D eigenvalue weighted by Gasteiger charge is -2.18. The first-order valence-electron chi connectivity index (χ1n) is 12.6. The topological polar surface area (TPSA) is 92.6 Å². The van der Waals surface area contributed by atoms with Gasteiger partial charge in [0, 0.05) is 35.8 Å². The minimum atomic E-state index is -4.52. The molecule has 1 heterocycles. The van der Waals surface area contributed by atoms with Gasteiger partial charge in [0.15, 0.2) is 5.76 Å². The summed E-state index contributed by atoms with van der Waals surface area (Å²) in [5, 5.41) is 9.20. The molecule has 4 aromatic rings. The van der Waals surface area contributed by atoms with E-state index in [0.29, 0.717) is 11.6 Å². The zero-order valence-electron chi connectivity index (χ0n) is 21.9. The molecule has 0 aliphatic rings. The Morgan fingerprint density at radius 2 is 1.68 bits per heavy atom. The molecule has 7 nitrogen and oxygen atoms in total. The number of carbonyl (C=O) groups is 2. The molecule has 0 radical (unpaired) electrons. The van der Waals surface area contributed by atoms with Gasteiger partial charge in [-0.2, -0.15) is 13.2 Å². The number of benzene rings is 3. The highest BCUT2D eigenvalue weighted by atomic mass is 35.5. The average Bonchev–Trinajstić information content (AvgIpc) is 3.47. The SMILES string of the molecule is COc1ccc(NCCNC(=O)[C@H](Cc2ccc(Cl)cc2)NC(=O)c2ccc(-c3cccc(C(F)(F)F)c3)o2)cc1. The molecule has 0 aliphatic carbocycles. The van der Waals surface area contributed by atoms with Crippen molar-refractivity contribution in [3.05, 3.63) is 107 Å². The summed E-state index contributed by atoms with van der Waals surface area (Å²) in [7, 11) is 1.58. The van der Waals surface area contributed by atoms with Gasteiger partial charge in [-0.25, -0.2) is 0 Å². The Balaban J connectivity index is 1.42. The number of ether oxygens (including phenoxy) is 1. The number of halogens is 4. The Morgan fingerprint density at radius 1 is 0.951 bits per heavy atom. The molecule has 0 fully saturated rings. The van der Waals surface area contributed by atoms with E-state index in [-0.39, 0.29) is 30.0 Å². The molecule has 0 aliphatic heterocycles. The fraction of sp³-hybridized carbons (Fsp3) is 0.200. The number of hydrogen-bond donors (Lipinski definition) is 3. The van der Waals surface area contributed by atoms with Gasteiger partial charge < -0.3 is 25.1 Å². The van der Waals surface area contributed by atoms with Crippen LogP contribution >= 0.6 is 11.6 Å². The van der Waals surface area contributed by atoms with Crippen LogP contribution in [-0.4, -0.2) is 38.1 Å². The highest BCUT2D eigenvalue weighted by Gasteiger charge is 2.31. The molecule has 1 aromatic heterocycles. The summed E-state index contributed by atoms with van der Waals surface area (Å²) in [4.78, 5) is 26.1. The minimum absolute atomic E-state index is 0.0876. The van der Waals surface area contributed by atoms with Gasteiger partial charge in [-0.05, 0) is 66.2 Å². The summed E-state index contributed by atoms with van der Waals surface area (Å²) >= 11 is 5.98. The van der Waals surface area contributed by atoms with Gasteiger partial charge in [0.25, 0.3) is 5.91 Å². The zero-order chi connectivity index (χ0) is 29.4. The Hall–Kier alpha value is -4.44. The molecule has 2 amide bonds. The summed E-state index contributed by atoms with van der Waals surface area (Å²) in [6.07, 6.45) is -4.35. The maximum Gasteiger partial charge on any atom is 0.416 e. The smallest absolute Gasteiger partial charge is 0.416 e. The van der Waals surface area contributed by atoms with Gasteiger partial charge >= 0.3 is 6.18 Å². The number of furan rings is 1. The van der Waals surface area contributed by atoms with Crippen LogP contribution in [0.2, 0.25) is 5.02 Å². The summed E-state index contributed by atoms with van der Waals surface area (Å²) in [5.41, 5.74) is 0.938. The predicted molar refractivity (Wildman–Crippen MR) is 150 cm³/mol. The number of amides is 2. The normalized spacial score (nSPS) is 11.9. The van der Waals surface area contributed by atoms with Crippen molar-refractivity contribution in [3.8, 4) is 17.1 Å². The van der Waals surface area contributed by atoms with Gasteiger partial charge in [-0.3, -0.25) is 9.59 Å². The van der Waals surface area contributed by atoms with Crippen molar-refractivity contribution in [1.82, 2.24) is 10.6 Å². The number of carbonyl (C=O) groups excluding carboxylic acids is 2. The van der Waals surface area contributed by atoms with Crippen molar-refractivity contribution in [2.24, 2.45) is 0 Å². The van der Waals surface area contributed by atoms with Crippen molar-refractivity contribution in [3.63, 3.8) is 0 Å². The first kappa shape index (κ1) is 29.5. The van der Waals surface area contributed by atoms with E-state index in [1.165, 1.54) is 24.3 Å². The third kappa shape index (κ3) is 8.28. The first-order chi connectivity index (χ1) is 19.6. The lowest BCUT2D eigenvalue weighted by Crippen LogP contribution is -2.48. The lowest BCUT2D eigenvalue weighted by molar-refractivity contribution is -0.137. The van der Waals surface area contributed by atoms with E-state index in [9.17, 15) is 22.8 Å². The number of hydrogen-bond acceptors (Lipinski definition) is 5. The molecule has 0 saturated carbocycles. The van der Waals surface area contributed by atoms with Crippen LogP contribution in [0.3, 0.4) is 0 Å². The zero-order valence-corrected chi connectivity index (χ0v) is 22.7. The monoisotopic (exact) mass is 585 g/mol. The molecule has 0 saturated heterocycles. The van der Waals surface area contributed by atoms with Crippen LogP contribution in [0.25, 0.3) is 11.3 Å². The third-order valence-electron chi connectivity index (χ3n) is 6.12. The Kier molecular flexibility index (Phi) is 9.57. The molecular formula is C30H27ClF3N3O4. The van der Waals surface area contributed by atoms with Gasteiger partial charge in [-0.1, -0.05) is 35.9 Å². The first-order valence-corrected chi connectivity index (χ1v) is 13.0. The van der Waals surface area contributed by atoms with E-state index in [0.717, 1.165) is 29.1 Å². The second-order valence-corrected chi connectivity index (χ2v) is 9.48. The van der Waals surface area contributed by atoms with Crippen molar-refractivity contribution < 1.29 is 31.9 Å². The highest BCUT2D eigenvalue weighted by Crippen LogP contribution is 2.32. The molecular weight excluding hydrogens is 559 g/mol. The molecule has 214 valence electrons. The van der Waals surface area contributed by atoms with Crippen molar-refractivity contribution >= 4 is 29.1 Å². The number of nitrogens with one attached hydrogen (secondary N) is 3. The number of methoxy groups -OCH3 is 1. The van der Waals surface area contributed by atoms with Crippen molar-refractivity contribution in [1.29, 1.82) is 0 Å². The molecule has 1 atom stereocenters. The maximum absolute atomic E-state index is 13.1. The average molecular weight is 586 g/mol. The molecule has 0 unspecified atom stereocenters. The third-order valence-corrected chi connectivity index (χ3v) is 6.37. The van der Waals surface area contributed by atoms with Gasteiger partial charge in [0.05, 0.1) is 12.7 Å². The summed E-state index contributed by atoms with van der Waals surface area (Å²) < 4.78 is 50.0. The van der Waals surface area contributed by atoms with E-state index in [1.54, 1.807) is 31.4 Å². The molecule has 11 heteroatoms. The van der Waals surface area contributed by atoms with E-state index >= 15 is 0 Å². The second-order valence-electron chi connectivity index (χ2n) is 9.05. The van der Waals surface area contributed by atoms with E-state index in [2.05, 4.69) is 16.0 Å². The van der Waals surface area contributed by atoms with E-state index in [4.69, 9.17) is 20.8 Å². The van der Waals surface area contributed by atoms with Gasteiger partial charge in [0.2, 0.25) is 5.91 Å². The van der Waals surface area contributed by atoms with E-state index in [1.807, 2.05) is 24.3 Å². The molecule has 3 N–H and O–H groups in total. The van der Waals surface area contributed by atoms with E-state index < -0.39 is 29.6 Å². The summed E-state index contributed by atoms with van der Waals surface area (Å²) in [6, 6.07) is 20.6. The Morgan fingerprint density at radius 3 is 2.37 bits per heavy atom. The van der Waals surface area contributed by atoms with Crippen LogP contribution in [0.5, 0.6) is 5.75 Å². The Labute approximate surface area is 239 Å². The second kappa shape index (κ2) is 13.3. The molecule has 3 aromatic carbocycles. The Bertz CT molecular complexity index is 1470. The standard InChI is InChI=1S/C30H27ClF3N3O4/c1-40-24-11-9-23(10-12-24)35-15-16-36-28(38)25(17-19-5-7-22(31)8-6-19)37-29(39)27-14-13-26(41-27)20-3-2-4-21(18-20)30(32,33)34/h2-14,18,25,35H,15-17H2,1H3,(H,36,38)(H,37,39)/t25-/m0/s1. The van der Waals surface area contributed by atoms with Gasteiger partial charge in [0.1, 0.15) is 17.6 Å². The van der Waals surface area contributed by atoms with Gasteiger partial charge in [-0.15, -0.1) is 0 Å². The molecule has 0 spiro atoms. The molecule has 0 bridgehead atoms. The largest absolute Gasteiger partial charge is 0.497 e. The summed E-state index contributed by atoms with van der Waals surface area (Å²) in [5.74, 6) is -0.441. The van der Waals surface area contributed by atoms with Crippen LogP contribution in [0.1, 0.15) is 21.7 Å². The van der Waals surface area contributed by atoms with Crippen LogP contribution < -0.4 is 20.7 Å². The lowest BCUT2D eigenvalue weighted by atomic mass is 10.0. The van der Waals surface area contributed by atoms with Crippen LogP contribution in [0.4, 0.5) is 18.9 Å². The maximum atomic E-state index is 13.1. The van der Waals surface area contributed by atoms with Crippen LogP contribution in [0, 0.1) is 0 Å². The number of rotatable bonds is 11. The van der Waals surface area contributed by atoms with Crippen LogP contribution in [-0.2, 0) is 17.4 Å². The molecule has 4 rings (SSSR count). The fourth-order valence-corrected chi connectivity index (χ4v) is 4.11. The predicted octanol–water partition coefficient (Wildman–Crippen LogP) is 6.20.